The normalized spacial score (nSPS) is 12.0. The molecule has 0 N–H and O–H groups in total. The Morgan fingerprint density at radius 3 is 1.72 bits per heavy atom. The molecule has 25 heavy (non-hydrogen) atoms. The van der Waals surface area contributed by atoms with Crippen LogP contribution in [-0.4, -0.2) is 13.2 Å². The highest BCUT2D eigenvalue weighted by atomic mass is 31.2. The first-order valence-electron chi connectivity index (χ1n) is 8.63. The maximum Gasteiger partial charge on any atom is 0.171 e. The Hall–Kier alpha value is -1.96. The summed E-state index contributed by atoms with van der Waals surface area (Å²) in [5, 5.41) is 2.68. The van der Waals surface area contributed by atoms with E-state index in [0.717, 1.165) is 11.9 Å². The number of hydrogen-bond donors (Lipinski definition) is 0. The molecule has 128 valence electrons. The Labute approximate surface area is 152 Å². The fourth-order valence-electron chi connectivity index (χ4n) is 3.07. The fourth-order valence-corrected chi connectivity index (χ4v) is 11.0. The zero-order valence-corrected chi connectivity index (χ0v) is 17.0. The minimum absolute atomic E-state index is 0.881. The van der Waals surface area contributed by atoms with Crippen molar-refractivity contribution in [3.63, 3.8) is 0 Å². The molecule has 0 amide bonds. The fraction of sp³-hybridized carbons (Fsp3) is 0.190. The Bertz CT molecular complexity index is 813. The average Bonchev–Trinajstić information content (AvgIpc) is 2.62. The maximum absolute atomic E-state index is 5.59. The van der Waals surface area contributed by atoms with Gasteiger partial charge in [0, 0.05) is 25.1 Å². The lowest BCUT2D eigenvalue weighted by Gasteiger charge is -2.30. The van der Waals surface area contributed by atoms with Crippen LogP contribution >= 0.6 is 7.05 Å². The SMILES string of the molecule is C[Si](C)(C)N=P(Cc1ccccn1)(c1ccccc1)c1ccccc1. The Kier molecular flexibility index (Phi) is 5.36. The molecular formula is C21H25N2PSi. The molecule has 0 saturated heterocycles. The molecule has 0 aliphatic heterocycles. The first kappa shape index (κ1) is 17.8. The molecule has 2 aromatic carbocycles. The van der Waals surface area contributed by atoms with Crippen LogP contribution in [0.25, 0.3) is 0 Å². The van der Waals surface area contributed by atoms with Crippen molar-refractivity contribution < 1.29 is 0 Å². The molecule has 0 radical (unpaired) electrons. The standard InChI is InChI=1S/C21H25N2PSi/c1-25(2,3)23-24(20-13-6-4-7-14-20,21-15-8-5-9-16-21)18-19-12-10-11-17-22-19/h4-17H,18H2,1-3H3. The van der Waals surface area contributed by atoms with Gasteiger partial charge < -0.3 is 4.41 Å². The molecule has 3 rings (SSSR count). The van der Waals surface area contributed by atoms with Crippen LogP contribution in [0.15, 0.2) is 89.5 Å². The van der Waals surface area contributed by atoms with Gasteiger partial charge in [0.15, 0.2) is 8.24 Å². The highest BCUT2D eigenvalue weighted by molar-refractivity contribution is 7.81. The average molecular weight is 365 g/mol. The lowest BCUT2D eigenvalue weighted by Crippen LogP contribution is -2.24. The molecule has 0 unspecified atom stereocenters. The quantitative estimate of drug-likeness (QED) is 0.447. The summed E-state index contributed by atoms with van der Waals surface area (Å²) in [7, 11) is -3.59. The highest BCUT2D eigenvalue weighted by Crippen LogP contribution is 2.51. The summed E-state index contributed by atoms with van der Waals surface area (Å²) in [6, 6.07) is 27.8. The predicted octanol–water partition coefficient (Wildman–Crippen LogP) is 5.27. The summed E-state index contributed by atoms with van der Waals surface area (Å²) >= 11 is 0. The monoisotopic (exact) mass is 364 g/mol. The van der Waals surface area contributed by atoms with Gasteiger partial charge in [0.1, 0.15) is 0 Å². The van der Waals surface area contributed by atoms with Gasteiger partial charge in [-0.3, -0.25) is 4.98 Å². The second-order valence-corrected chi connectivity index (χ2v) is 15.2. The van der Waals surface area contributed by atoms with Crippen molar-refractivity contribution in [3.8, 4) is 0 Å². The Balaban J connectivity index is 2.30. The van der Waals surface area contributed by atoms with E-state index in [1.165, 1.54) is 10.6 Å². The van der Waals surface area contributed by atoms with Crippen molar-refractivity contribution in [2.75, 3.05) is 0 Å². The number of benzene rings is 2. The van der Waals surface area contributed by atoms with E-state index in [9.17, 15) is 0 Å². The van der Waals surface area contributed by atoms with Crippen molar-refractivity contribution in [1.29, 1.82) is 0 Å². The third-order valence-corrected chi connectivity index (χ3v) is 10.8. The summed E-state index contributed by atoms with van der Waals surface area (Å²) < 4.78 is 5.59. The van der Waals surface area contributed by atoms with E-state index in [-0.39, 0.29) is 0 Å². The van der Waals surface area contributed by atoms with Crippen LogP contribution in [0.2, 0.25) is 19.6 Å². The van der Waals surface area contributed by atoms with E-state index < -0.39 is 15.3 Å². The minimum atomic E-state index is -1.92. The van der Waals surface area contributed by atoms with Gasteiger partial charge in [-0.25, -0.2) is 0 Å². The van der Waals surface area contributed by atoms with E-state index in [4.69, 9.17) is 4.41 Å². The topological polar surface area (TPSA) is 25.2 Å². The maximum atomic E-state index is 5.59. The van der Waals surface area contributed by atoms with Crippen molar-refractivity contribution in [2.24, 2.45) is 4.41 Å². The van der Waals surface area contributed by atoms with E-state index in [1.807, 2.05) is 12.3 Å². The van der Waals surface area contributed by atoms with Gasteiger partial charge in [-0.15, -0.1) is 0 Å². The largest absolute Gasteiger partial charge is 0.329 e. The van der Waals surface area contributed by atoms with Gasteiger partial charge in [-0.05, 0) is 22.7 Å². The molecule has 2 nitrogen and oxygen atoms in total. The van der Waals surface area contributed by atoms with Crippen LogP contribution in [0.1, 0.15) is 5.69 Å². The summed E-state index contributed by atoms with van der Waals surface area (Å²) in [6.07, 6.45) is 2.76. The van der Waals surface area contributed by atoms with Crippen molar-refractivity contribution in [3.05, 3.63) is 90.8 Å². The van der Waals surface area contributed by atoms with Crippen molar-refractivity contribution >= 4 is 25.9 Å². The molecular weight excluding hydrogens is 339 g/mol. The van der Waals surface area contributed by atoms with E-state index in [2.05, 4.69) is 97.4 Å². The molecule has 1 aromatic heterocycles. The van der Waals surface area contributed by atoms with Gasteiger partial charge in [0.05, 0.1) is 0 Å². The molecule has 0 aliphatic rings. The first-order valence-corrected chi connectivity index (χ1v) is 14.0. The predicted molar refractivity (Wildman–Crippen MR) is 113 cm³/mol. The summed E-state index contributed by atoms with van der Waals surface area (Å²) in [6.45, 7) is 6.98. The van der Waals surface area contributed by atoms with Crippen molar-refractivity contribution in [1.82, 2.24) is 4.98 Å². The van der Waals surface area contributed by atoms with Gasteiger partial charge in [-0.1, -0.05) is 86.4 Å². The highest BCUT2D eigenvalue weighted by Gasteiger charge is 2.28. The molecule has 0 atom stereocenters. The van der Waals surface area contributed by atoms with E-state index in [0.29, 0.717) is 0 Å². The van der Waals surface area contributed by atoms with Crippen LogP contribution in [0.5, 0.6) is 0 Å². The summed E-state index contributed by atoms with van der Waals surface area (Å²) in [5.74, 6) is 0. The van der Waals surface area contributed by atoms with Crippen LogP contribution in [-0.2, 0) is 6.16 Å². The molecule has 0 bridgehead atoms. The number of pyridine rings is 1. The smallest absolute Gasteiger partial charge is 0.171 e. The second-order valence-electron chi connectivity index (χ2n) is 7.19. The number of hydrogen-bond acceptors (Lipinski definition) is 2. The second kappa shape index (κ2) is 7.51. The number of nitrogens with zero attached hydrogens (tertiary/aromatic N) is 2. The third kappa shape index (κ3) is 4.36. The molecule has 1 heterocycles. The van der Waals surface area contributed by atoms with Crippen LogP contribution in [0, 0.1) is 0 Å². The Morgan fingerprint density at radius 1 is 0.760 bits per heavy atom. The third-order valence-electron chi connectivity index (χ3n) is 3.95. The number of aromatic nitrogens is 1. The lowest BCUT2D eigenvalue weighted by molar-refractivity contribution is 1.17. The van der Waals surface area contributed by atoms with Crippen LogP contribution < -0.4 is 10.6 Å². The first-order chi connectivity index (χ1) is 12.0. The molecule has 3 aromatic rings. The summed E-state index contributed by atoms with van der Waals surface area (Å²) in [5.41, 5.74) is 1.12. The molecule has 0 spiro atoms. The van der Waals surface area contributed by atoms with Gasteiger partial charge in [0.25, 0.3) is 0 Å². The zero-order valence-electron chi connectivity index (χ0n) is 15.1. The summed E-state index contributed by atoms with van der Waals surface area (Å²) in [4.78, 5) is 4.63. The minimum Gasteiger partial charge on any atom is -0.329 e. The zero-order chi connectivity index (χ0) is 17.8. The molecule has 0 aliphatic carbocycles. The van der Waals surface area contributed by atoms with E-state index in [1.54, 1.807) is 0 Å². The molecule has 4 heteroatoms. The van der Waals surface area contributed by atoms with Gasteiger partial charge >= 0.3 is 0 Å². The lowest BCUT2D eigenvalue weighted by atomic mass is 10.4. The van der Waals surface area contributed by atoms with Gasteiger partial charge in [0.2, 0.25) is 0 Å². The van der Waals surface area contributed by atoms with Crippen molar-refractivity contribution in [2.45, 2.75) is 25.8 Å². The molecule has 0 fully saturated rings. The number of rotatable bonds is 5. The Morgan fingerprint density at radius 2 is 1.28 bits per heavy atom. The molecule has 0 saturated carbocycles. The van der Waals surface area contributed by atoms with Gasteiger partial charge in [-0.2, -0.15) is 0 Å². The van der Waals surface area contributed by atoms with E-state index >= 15 is 0 Å². The van der Waals surface area contributed by atoms with Crippen LogP contribution in [0.3, 0.4) is 0 Å². The van der Waals surface area contributed by atoms with Crippen LogP contribution in [0.4, 0.5) is 0 Å².